The molecule has 94 valence electrons. The van der Waals surface area contributed by atoms with E-state index in [1.807, 2.05) is 5.38 Å². The van der Waals surface area contributed by atoms with E-state index in [1.54, 1.807) is 11.3 Å². The zero-order valence-corrected chi connectivity index (χ0v) is 11.0. The van der Waals surface area contributed by atoms with Crippen molar-refractivity contribution < 1.29 is 9.53 Å². The second kappa shape index (κ2) is 5.49. The molecule has 0 aromatic carbocycles. The van der Waals surface area contributed by atoms with Gasteiger partial charge in [-0.15, -0.1) is 11.3 Å². The number of ether oxygens (including phenoxy) is 1. The van der Waals surface area contributed by atoms with Gasteiger partial charge in [0, 0.05) is 17.8 Å². The molecular weight excluding hydrogens is 236 g/mol. The van der Waals surface area contributed by atoms with Crippen LogP contribution >= 0.6 is 11.3 Å². The van der Waals surface area contributed by atoms with Gasteiger partial charge in [-0.05, 0) is 25.7 Å². The fourth-order valence-electron chi connectivity index (χ4n) is 1.73. The van der Waals surface area contributed by atoms with E-state index in [0.717, 1.165) is 16.7 Å². The predicted molar refractivity (Wildman–Crippen MR) is 68.3 cm³/mol. The van der Waals surface area contributed by atoms with Crippen LogP contribution in [-0.4, -0.2) is 24.1 Å². The highest BCUT2D eigenvalue weighted by Crippen LogP contribution is 2.34. The fraction of sp³-hybridized carbons (Fsp3) is 0.667. The average molecular weight is 254 g/mol. The van der Waals surface area contributed by atoms with Crippen LogP contribution < -0.4 is 5.32 Å². The van der Waals surface area contributed by atoms with Crippen molar-refractivity contribution in [2.75, 3.05) is 12.4 Å². The van der Waals surface area contributed by atoms with E-state index < -0.39 is 0 Å². The van der Waals surface area contributed by atoms with Crippen LogP contribution in [0.15, 0.2) is 5.38 Å². The fourth-order valence-corrected chi connectivity index (χ4v) is 2.57. The van der Waals surface area contributed by atoms with E-state index in [1.165, 1.54) is 20.0 Å². The third-order valence-electron chi connectivity index (χ3n) is 3.04. The van der Waals surface area contributed by atoms with Crippen LogP contribution in [-0.2, 0) is 16.0 Å². The number of thiazole rings is 1. The second-order valence-electron chi connectivity index (χ2n) is 4.49. The summed E-state index contributed by atoms with van der Waals surface area (Å²) in [6.45, 7) is 2.20. The SMILES string of the molecule is COC(=O)CCc1csc(NC(C)C2CC2)n1. The molecule has 0 amide bonds. The lowest BCUT2D eigenvalue weighted by Crippen LogP contribution is -2.17. The third-order valence-corrected chi connectivity index (χ3v) is 3.87. The van der Waals surface area contributed by atoms with Crippen molar-refractivity contribution in [3.8, 4) is 0 Å². The van der Waals surface area contributed by atoms with Crippen molar-refractivity contribution >= 4 is 22.4 Å². The first-order chi connectivity index (χ1) is 8.19. The quantitative estimate of drug-likeness (QED) is 0.792. The molecule has 1 unspecified atom stereocenters. The molecule has 17 heavy (non-hydrogen) atoms. The van der Waals surface area contributed by atoms with Crippen LogP contribution in [0.25, 0.3) is 0 Å². The molecule has 1 saturated carbocycles. The molecular formula is C12H18N2O2S. The van der Waals surface area contributed by atoms with Gasteiger partial charge >= 0.3 is 5.97 Å². The molecule has 1 aliphatic carbocycles. The molecule has 0 aliphatic heterocycles. The van der Waals surface area contributed by atoms with Gasteiger partial charge in [0.2, 0.25) is 0 Å². The van der Waals surface area contributed by atoms with Gasteiger partial charge in [0.1, 0.15) is 0 Å². The number of hydrogen-bond donors (Lipinski definition) is 1. The number of methoxy groups -OCH3 is 1. The Hall–Kier alpha value is -1.10. The topological polar surface area (TPSA) is 51.2 Å². The standard InChI is InChI=1S/C12H18N2O2S/c1-8(9-3-4-9)13-12-14-10(7-17-12)5-6-11(15)16-2/h7-9H,3-6H2,1-2H3,(H,13,14). The van der Waals surface area contributed by atoms with Gasteiger partial charge in [0.05, 0.1) is 19.2 Å². The lowest BCUT2D eigenvalue weighted by molar-refractivity contribution is -0.140. The minimum atomic E-state index is -0.182. The maximum absolute atomic E-state index is 11.0. The van der Waals surface area contributed by atoms with Gasteiger partial charge in [-0.1, -0.05) is 0 Å². The van der Waals surface area contributed by atoms with Crippen LogP contribution in [0.2, 0.25) is 0 Å². The van der Waals surface area contributed by atoms with Crippen molar-refractivity contribution in [2.45, 2.75) is 38.6 Å². The zero-order valence-electron chi connectivity index (χ0n) is 10.2. The van der Waals surface area contributed by atoms with Gasteiger partial charge in [-0.2, -0.15) is 0 Å². The predicted octanol–water partition coefficient (Wildman–Crippen LogP) is 2.46. The lowest BCUT2D eigenvalue weighted by atomic mass is 10.2. The largest absolute Gasteiger partial charge is 0.469 e. The lowest BCUT2D eigenvalue weighted by Gasteiger charge is -2.10. The molecule has 4 nitrogen and oxygen atoms in total. The first-order valence-corrected chi connectivity index (χ1v) is 6.84. The Balaban J connectivity index is 1.80. The van der Waals surface area contributed by atoms with E-state index in [4.69, 9.17) is 0 Å². The summed E-state index contributed by atoms with van der Waals surface area (Å²) >= 11 is 1.61. The molecule has 0 bridgehead atoms. The minimum Gasteiger partial charge on any atom is -0.469 e. The van der Waals surface area contributed by atoms with Crippen molar-refractivity contribution in [2.24, 2.45) is 5.92 Å². The van der Waals surface area contributed by atoms with Crippen molar-refractivity contribution in [1.82, 2.24) is 4.98 Å². The summed E-state index contributed by atoms with van der Waals surface area (Å²) < 4.78 is 4.60. The first-order valence-electron chi connectivity index (χ1n) is 5.97. The van der Waals surface area contributed by atoms with Crippen molar-refractivity contribution in [3.63, 3.8) is 0 Å². The highest BCUT2D eigenvalue weighted by Gasteiger charge is 2.28. The molecule has 2 rings (SSSR count). The van der Waals surface area contributed by atoms with Gasteiger partial charge in [-0.3, -0.25) is 4.79 Å². The Morgan fingerprint density at radius 2 is 2.47 bits per heavy atom. The van der Waals surface area contributed by atoms with Gasteiger partial charge in [0.15, 0.2) is 5.13 Å². The van der Waals surface area contributed by atoms with Crippen LogP contribution in [0.5, 0.6) is 0 Å². The Morgan fingerprint density at radius 1 is 1.71 bits per heavy atom. The number of nitrogens with one attached hydrogen (secondary N) is 1. The summed E-state index contributed by atoms with van der Waals surface area (Å²) in [6.07, 6.45) is 3.71. The molecule has 1 N–H and O–H groups in total. The van der Waals surface area contributed by atoms with Crippen LogP contribution in [0, 0.1) is 5.92 Å². The molecule has 1 heterocycles. The second-order valence-corrected chi connectivity index (χ2v) is 5.35. The summed E-state index contributed by atoms with van der Waals surface area (Å²) in [7, 11) is 1.41. The van der Waals surface area contributed by atoms with Crippen LogP contribution in [0.3, 0.4) is 0 Å². The number of aryl methyl sites for hydroxylation is 1. The van der Waals surface area contributed by atoms with Crippen molar-refractivity contribution in [1.29, 1.82) is 0 Å². The molecule has 5 heteroatoms. The van der Waals surface area contributed by atoms with E-state index >= 15 is 0 Å². The summed E-state index contributed by atoms with van der Waals surface area (Å²) in [6, 6.07) is 0.509. The monoisotopic (exact) mass is 254 g/mol. The summed E-state index contributed by atoms with van der Waals surface area (Å²) in [5.74, 6) is 0.635. The first kappa shape index (κ1) is 12.4. The average Bonchev–Trinajstić information content (AvgIpc) is 3.09. The van der Waals surface area contributed by atoms with Gasteiger partial charge in [0.25, 0.3) is 0 Å². The van der Waals surface area contributed by atoms with Crippen LogP contribution in [0.4, 0.5) is 5.13 Å². The number of carbonyl (C=O) groups is 1. The number of anilines is 1. The normalized spacial score (nSPS) is 16.6. The summed E-state index contributed by atoms with van der Waals surface area (Å²) in [4.78, 5) is 15.5. The van der Waals surface area contributed by atoms with Crippen LogP contribution in [0.1, 0.15) is 31.9 Å². The number of aromatic nitrogens is 1. The molecule has 1 atom stereocenters. The maximum Gasteiger partial charge on any atom is 0.305 e. The molecule has 1 aliphatic rings. The maximum atomic E-state index is 11.0. The molecule has 1 aromatic rings. The smallest absolute Gasteiger partial charge is 0.305 e. The Labute approximate surface area is 105 Å². The third kappa shape index (κ3) is 3.70. The zero-order chi connectivity index (χ0) is 12.3. The number of esters is 1. The molecule has 1 aromatic heterocycles. The van der Waals surface area contributed by atoms with Gasteiger partial charge < -0.3 is 10.1 Å². The number of nitrogens with zero attached hydrogens (tertiary/aromatic N) is 1. The Kier molecular flexibility index (Phi) is 3.99. The minimum absolute atomic E-state index is 0.182. The molecule has 0 radical (unpaired) electrons. The highest BCUT2D eigenvalue weighted by atomic mass is 32.1. The van der Waals surface area contributed by atoms with Crippen molar-refractivity contribution in [3.05, 3.63) is 11.1 Å². The molecule has 0 saturated heterocycles. The molecule has 1 fully saturated rings. The highest BCUT2D eigenvalue weighted by molar-refractivity contribution is 7.13. The van der Waals surface area contributed by atoms with E-state index in [0.29, 0.717) is 18.9 Å². The van der Waals surface area contributed by atoms with E-state index in [-0.39, 0.29) is 5.97 Å². The number of carbonyl (C=O) groups excluding carboxylic acids is 1. The number of hydrogen-bond acceptors (Lipinski definition) is 5. The van der Waals surface area contributed by atoms with Gasteiger partial charge in [-0.25, -0.2) is 4.98 Å². The summed E-state index contributed by atoms with van der Waals surface area (Å²) in [5.41, 5.74) is 0.964. The van der Waals surface area contributed by atoms with E-state index in [2.05, 4.69) is 22.0 Å². The number of rotatable bonds is 6. The summed E-state index contributed by atoms with van der Waals surface area (Å²) in [5, 5.41) is 6.38. The Morgan fingerprint density at radius 3 is 3.12 bits per heavy atom. The molecule has 0 spiro atoms. The van der Waals surface area contributed by atoms with E-state index in [9.17, 15) is 4.79 Å². The Bertz CT molecular complexity index is 388.